The maximum Gasteiger partial charge on any atom is 0.373 e. The van der Waals surface area contributed by atoms with Crippen molar-refractivity contribution in [3.63, 3.8) is 0 Å². The second-order valence-corrected chi connectivity index (χ2v) is 10.3. The molecule has 3 fully saturated rings. The van der Waals surface area contributed by atoms with Gasteiger partial charge in [0.05, 0.1) is 6.61 Å². The van der Waals surface area contributed by atoms with E-state index in [1.165, 1.54) is 0 Å². The standard InChI is InChI=1S/C25H32O6/c1-4-31-23(30)20(28)12-19(27)18-8-7-17-16-6-5-14-11-15(26)9-10-24(14,2)22(16)21(29)13-25(17,18)3/h11-12,16-18,22,28H,4-10,13H2,1-3H3/b20-12-/t16-,17-,18+,22+,24-,25-/m0/s1. The quantitative estimate of drug-likeness (QED) is 0.414. The monoisotopic (exact) mass is 428 g/mol. The Labute approximate surface area is 183 Å². The van der Waals surface area contributed by atoms with Crippen molar-refractivity contribution in [1.29, 1.82) is 0 Å². The topological polar surface area (TPSA) is 97.7 Å². The number of aliphatic hydroxyl groups is 1. The number of rotatable bonds is 4. The Kier molecular flexibility index (Phi) is 5.47. The van der Waals surface area contributed by atoms with Crippen LogP contribution in [0.25, 0.3) is 0 Å². The van der Waals surface area contributed by atoms with E-state index < -0.39 is 23.1 Å². The van der Waals surface area contributed by atoms with E-state index >= 15 is 0 Å². The average molecular weight is 429 g/mol. The molecule has 0 amide bonds. The smallest absolute Gasteiger partial charge is 0.373 e. The third kappa shape index (κ3) is 3.39. The first-order valence-electron chi connectivity index (χ1n) is 11.5. The summed E-state index contributed by atoms with van der Waals surface area (Å²) in [5.74, 6) is -1.53. The van der Waals surface area contributed by atoms with Crippen LogP contribution >= 0.6 is 0 Å². The molecule has 0 aromatic carbocycles. The van der Waals surface area contributed by atoms with Crippen LogP contribution in [-0.4, -0.2) is 35.0 Å². The van der Waals surface area contributed by atoms with Gasteiger partial charge in [-0.1, -0.05) is 19.4 Å². The fourth-order valence-corrected chi connectivity index (χ4v) is 7.35. The molecule has 0 aliphatic heterocycles. The molecule has 1 N–H and O–H groups in total. The Bertz CT molecular complexity index is 898. The number of esters is 1. The van der Waals surface area contributed by atoms with Crippen LogP contribution in [0, 0.1) is 34.5 Å². The summed E-state index contributed by atoms with van der Waals surface area (Å²) in [6.07, 6.45) is 7.56. The fraction of sp³-hybridized carbons (Fsp3) is 0.680. The molecule has 6 nitrogen and oxygen atoms in total. The van der Waals surface area contributed by atoms with Crippen LogP contribution in [0.2, 0.25) is 0 Å². The zero-order chi connectivity index (χ0) is 22.6. The maximum atomic E-state index is 13.5. The van der Waals surface area contributed by atoms with E-state index in [1.807, 2.05) is 6.92 Å². The van der Waals surface area contributed by atoms with E-state index in [-0.39, 0.29) is 47.1 Å². The number of Topliss-reactive ketones (excluding diaryl/α,β-unsaturated/α-hetero) is 1. The second-order valence-electron chi connectivity index (χ2n) is 10.3. The lowest BCUT2D eigenvalue weighted by Gasteiger charge is -2.56. The Morgan fingerprint density at radius 2 is 1.94 bits per heavy atom. The molecule has 6 atom stereocenters. The van der Waals surface area contributed by atoms with Crippen LogP contribution in [0.1, 0.15) is 65.7 Å². The lowest BCUT2D eigenvalue weighted by Crippen LogP contribution is -2.55. The first kappa shape index (κ1) is 22.0. The minimum Gasteiger partial charge on any atom is -0.502 e. The number of aliphatic hydroxyl groups excluding tert-OH is 1. The highest BCUT2D eigenvalue weighted by Gasteiger charge is 2.62. The van der Waals surface area contributed by atoms with Crippen molar-refractivity contribution in [3.05, 3.63) is 23.5 Å². The van der Waals surface area contributed by atoms with Crippen LogP contribution in [0.4, 0.5) is 0 Å². The Morgan fingerprint density at radius 3 is 2.65 bits per heavy atom. The molecule has 0 unspecified atom stereocenters. The number of allylic oxidation sites excluding steroid dienone is 2. The Balaban J connectivity index is 1.61. The Morgan fingerprint density at radius 1 is 1.19 bits per heavy atom. The largest absolute Gasteiger partial charge is 0.502 e. The maximum absolute atomic E-state index is 13.5. The average Bonchev–Trinajstić information content (AvgIpc) is 3.05. The summed E-state index contributed by atoms with van der Waals surface area (Å²) in [6.45, 7) is 5.94. The molecule has 3 saturated carbocycles. The lowest BCUT2D eigenvalue weighted by molar-refractivity contribution is -0.148. The lowest BCUT2D eigenvalue weighted by atomic mass is 9.46. The van der Waals surface area contributed by atoms with Crippen LogP contribution in [0.5, 0.6) is 0 Å². The molecule has 0 saturated heterocycles. The van der Waals surface area contributed by atoms with Crippen molar-refractivity contribution in [1.82, 2.24) is 0 Å². The van der Waals surface area contributed by atoms with Crippen LogP contribution in [0.15, 0.2) is 23.5 Å². The van der Waals surface area contributed by atoms with Crippen molar-refractivity contribution < 1.29 is 29.0 Å². The van der Waals surface area contributed by atoms with Crippen LogP contribution < -0.4 is 0 Å². The van der Waals surface area contributed by atoms with Gasteiger partial charge in [0.25, 0.3) is 0 Å². The number of hydrogen-bond donors (Lipinski definition) is 1. The molecule has 0 aromatic heterocycles. The predicted molar refractivity (Wildman–Crippen MR) is 113 cm³/mol. The van der Waals surface area contributed by atoms with E-state index in [4.69, 9.17) is 4.74 Å². The van der Waals surface area contributed by atoms with E-state index in [2.05, 4.69) is 6.92 Å². The summed E-state index contributed by atoms with van der Waals surface area (Å²) in [7, 11) is 0. The molecular formula is C25H32O6. The summed E-state index contributed by atoms with van der Waals surface area (Å²) in [5, 5.41) is 9.95. The van der Waals surface area contributed by atoms with Gasteiger partial charge in [-0.25, -0.2) is 4.79 Å². The van der Waals surface area contributed by atoms with Gasteiger partial charge >= 0.3 is 5.97 Å². The van der Waals surface area contributed by atoms with Crippen LogP contribution in [-0.2, 0) is 23.9 Å². The summed E-state index contributed by atoms with van der Waals surface area (Å²) < 4.78 is 4.76. The van der Waals surface area contributed by atoms with Gasteiger partial charge in [0.1, 0.15) is 5.78 Å². The molecule has 4 aliphatic rings. The third-order valence-corrected chi connectivity index (χ3v) is 8.76. The van der Waals surface area contributed by atoms with E-state index in [0.29, 0.717) is 19.3 Å². The highest BCUT2D eigenvalue weighted by molar-refractivity contribution is 6.00. The molecule has 0 heterocycles. The summed E-state index contributed by atoms with van der Waals surface area (Å²) in [5.41, 5.74) is 0.414. The molecule has 0 radical (unpaired) electrons. The first-order valence-corrected chi connectivity index (χ1v) is 11.5. The van der Waals surface area contributed by atoms with Gasteiger partial charge in [-0.15, -0.1) is 0 Å². The van der Waals surface area contributed by atoms with E-state index in [0.717, 1.165) is 37.3 Å². The molecule has 0 spiro atoms. The van der Waals surface area contributed by atoms with Crippen molar-refractivity contribution in [3.8, 4) is 0 Å². The molecule has 168 valence electrons. The number of ether oxygens (including phenoxy) is 1. The minimum atomic E-state index is -0.901. The number of carbonyl (C=O) groups is 4. The molecule has 6 heteroatoms. The highest BCUT2D eigenvalue weighted by atomic mass is 16.5. The molecular weight excluding hydrogens is 396 g/mol. The van der Waals surface area contributed by atoms with Gasteiger partial charge in [0.15, 0.2) is 11.6 Å². The minimum absolute atomic E-state index is 0.0870. The van der Waals surface area contributed by atoms with Gasteiger partial charge in [0, 0.05) is 30.8 Å². The zero-order valence-electron chi connectivity index (χ0n) is 18.6. The fourth-order valence-electron chi connectivity index (χ4n) is 7.35. The highest BCUT2D eigenvalue weighted by Crippen LogP contribution is 2.65. The molecule has 4 rings (SSSR count). The van der Waals surface area contributed by atoms with Gasteiger partial charge in [-0.05, 0) is 67.8 Å². The van der Waals surface area contributed by atoms with Gasteiger partial charge < -0.3 is 9.84 Å². The first-order chi connectivity index (χ1) is 14.6. The number of fused-ring (bicyclic) bond motifs is 5. The zero-order valence-corrected chi connectivity index (χ0v) is 18.6. The summed E-state index contributed by atoms with van der Waals surface area (Å²) in [4.78, 5) is 50.2. The van der Waals surface area contributed by atoms with Gasteiger partial charge in [-0.3, -0.25) is 14.4 Å². The second kappa shape index (κ2) is 7.72. The van der Waals surface area contributed by atoms with Crippen molar-refractivity contribution >= 4 is 23.3 Å². The Hall–Kier alpha value is -2.24. The number of carbonyl (C=O) groups excluding carboxylic acids is 4. The third-order valence-electron chi connectivity index (χ3n) is 8.76. The predicted octanol–water partition coefficient (Wildman–Crippen LogP) is 3.89. The SMILES string of the molecule is CCOC(=O)/C(O)=C/C(=O)[C@H]1CC[C@H]2[C@@H]3CCC4=CC(=O)CC[C@]4(C)[C@H]3C(=O)C[C@]12C. The normalized spacial score (nSPS) is 39.8. The van der Waals surface area contributed by atoms with Gasteiger partial charge in [0.2, 0.25) is 5.76 Å². The summed E-state index contributed by atoms with van der Waals surface area (Å²) in [6, 6.07) is 0. The molecule has 0 bridgehead atoms. The van der Waals surface area contributed by atoms with E-state index in [1.54, 1.807) is 13.0 Å². The molecule has 4 aliphatic carbocycles. The van der Waals surface area contributed by atoms with E-state index in [9.17, 15) is 24.3 Å². The molecule has 31 heavy (non-hydrogen) atoms. The van der Waals surface area contributed by atoms with Crippen LogP contribution in [0.3, 0.4) is 0 Å². The molecule has 0 aromatic rings. The number of hydrogen-bond acceptors (Lipinski definition) is 6. The summed E-state index contributed by atoms with van der Waals surface area (Å²) >= 11 is 0. The van der Waals surface area contributed by atoms with Crippen molar-refractivity contribution in [2.24, 2.45) is 34.5 Å². The van der Waals surface area contributed by atoms with Crippen molar-refractivity contribution in [2.45, 2.75) is 65.7 Å². The van der Waals surface area contributed by atoms with Crippen molar-refractivity contribution in [2.75, 3.05) is 6.61 Å². The van der Waals surface area contributed by atoms with Gasteiger partial charge in [-0.2, -0.15) is 0 Å². The number of ketones is 3.